The summed E-state index contributed by atoms with van der Waals surface area (Å²) in [5, 5.41) is 2.40. The molecule has 15 heavy (non-hydrogen) atoms. The molecule has 1 atom stereocenters. The normalized spacial score (nSPS) is 14.0. The van der Waals surface area contributed by atoms with Gasteiger partial charge in [-0.05, 0) is 14.0 Å². The van der Waals surface area contributed by atoms with Crippen LogP contribution in [-0.2, 0) is 16.6 Å². The SMILES string of the molecule is CNCC(C)S(=O)(=O)NCc1cncs1. The highest BCUT2D eigenvalue weighted by molar-refractivity contribution is 7.90. The molecule has 1 heterocycles. The molecule has 0 saturated carbocycles. The molecule has 0 radical (unpaired) electrons. The van der Waals surface area contributed by atoms with Crippen LogP contribution in [-0.4, -0.2) is 32.2 Å². The fourth-order valence-corrected chi connectivity index (χ4v) is 2.69. The van der Waals surface area contributed by atoms with Crippen LogP contribution in [0.2, 0.25) is 0 Å². The van der Waals surface area contributed by atoms with Crippen molar-refractivity contribution in [3.05, 3.63) is 16.6 Å². The van der Waals surface area contributed by atoms with Crippen LogP contribution in [0.4, 0.5) is 0 Å². The first-order valence-electron chi connectivity index (χ1n) is 4.56. The van der Waals surface area contributed by atoms with Crippen molar-refractivity contribution in [3.63, 3.8) is 0 Å². The Morgan fingerprint density at radius 3 is 2.87 bits per heavy atom. The molecule has 0 saturated heterocycles. The Labute approximate surface area is 94.0 Å². The van der Waals surface area contributed by atoms with Crippen molar-refractivity contribution in [1.82, 2.24) is 15.0 Å². The van der Waals surface area contributed by atoms with Crippen molar-refractivity contribution >= 4 is 21.4 Å². The van der Waals surface area contributed by atoms with Crippen LogP contribution in [0.25, 0.3) is 0 Å². The minimum absolute atomic E-state index is 0.320. The summed E-state index contributed by atoms with van der Waals surface area (Å²) in [4.78, 5) is 4.79. The highest BCUT2D eigenvalue weighted by Gasteiger charge is 2.19. The monoisotopic (exact) mass is 249 g/mol. The summed E-state index contributed by atoms with van der Waals surface area (Å²) >= 11 is 1.44. The van der Waals surface area contributed by atoms with Crippen molar-refractivity contribution in [1.29, 1.82) is 0 Å². The fraction of sp³-hybridized carbons (Fsp3) is 0.625. The molecule has 0 fully saturated rings. The number of nitrogens with zero attached hydrogens (tertiary/aromatic N) is 1. The average molecular weight is 249 g/mol. The topological polar surface area (TPSA) is 71.1 Å². The van der Waals surface area contributed by atoms with Crippen molar-refractivity contribution < 1.29 is 8.42 Å². The molecule has 0 aliphatic carbocycles. The molecular formula is C8H15N3O2S2. The van der Waals surface area contributed by atoms with Crippen molar-refractivity contribution in [2.45, 2.75) is 18.7 Å². The molecule has 1 rings (SSSR count). The Morgan fingerprint density at radius 1 is 1.60 bits per heavy atom. The van der Waals surface area contributed by atoms with Gasteiger partial charge in [0.15, 0.2) is 0 Å². The number of hydrogen-bond acceptors (Lipinski definition) is 5. The largest absolute Gasteiger partial charge is 0.318 e. The standard InChI is InChI=1S/C8H15N3O2S2/c1-7(3-9-2)15(12,13)11-5-8-4-10-6-14-8/h4,6-7,9,11H,3,5H2,1-2H3. The summed E-state index contributed by atoms with van der Waals surface area (Å²) < 4.78 is 25.8. The molecule has 0 aliphatic rings. The molecule has 0 aliphatic heterocycles. The molecule has 1 aromatic heterocycles. The molecule has 86 valence electrons. The number of rotatable bonds is 6. The predicted octanol–water partition coefficient (Wildman–Crippen LogP) is 0.170. The van der Waals surface area contributed by atoms with E-state index >= 15 is 0 Å². The van der Waals surface area contributed by atoms with Gasteiger partial charge in [0, 0.05) is 24.2 Å². The molecule has 0 amide bonds. The maximum Gasteiger partial charge on any atom is 0.215 e. The van der Waals surface area contributed by atoms with Crippen LogP contribution >= 0.6 is 11.3 Å². The molecule has 5 nitrogen and oxygen atoms in total. The van der Waals surface area contributed by atoms with Gasteiger partial charge in [0.1, 0.15) is 0 Å². The van der Waals surface area contributed by atoms with Gasteiger partial charge in [0.05, 0.1) is 10.8 Å². The van der Waals surface area contributed by atoms with Gasteiger partial charge in [0.25, 0.3) is 0 Å². The average Bonchev–Trinajstić information content (AvgIpc) is 2.68. The second kappa shape index (κ2) is 5.55. The summed E-state index contributed by atoms with van der Waals surface area (Å²) in [6, 6.07) is 0. The Balaban J connectivity index is 2.50. The van der Waals surface area contributed by atoms with E-state index in [9.17, 15) is 8.42 Å². The zero-order valence-corrected chi connectivity index (χ0v) is 10.4. The second-order valence-electron chi connectivity index (χ2n) is 3.20. The van der Waals surface area contributed by atoms with E-state index in [1.807, 2.05) is 0 Å². The van der Waals surface area contributed by atoms with Gasteiger partial charge in [-0.15, -0.1) is 11.3 Å². The van der Waals surface area contributed by atoms with Gasteiger partial charge < -0.3 is 5.32 Å². The lowest BCUT2D eigenvalue weighted by molar-refractivity contribution is 0.564. The van der Waals surface area contributed by atoms with Crippen molar-refractivity contribution in [2.75, 3.05) is 13.6 Å². The van der Waals surface area contributed by atoms with Gasteiger partial charge in [-0.2, -0.15) is 0 Å². The third-order valence-electron chi connectivity index (χ3n) is 1.95. The van der Waals surface area contributed by atoms with E-state index in [1.54, 1.807) is 25.7 Å². The maximum absolute atomic E-state index is 11.6. The molecule has 0 aromatic carbocycles. The van der Waals surface area contributed by atoms with Crippen molar-refractivity contribution in [2.24, 2.45) is 0 Å². The van der Waals surface area contributed by atoms with Crippen LogP contribution in [0.1, 0.15) is 11.8 Å². The summed E-state index contributed by atoms with van der Waals surface area (Å²) in [6.45, 7) is 2.44. The van der Waals surface area contributed by atoms with E-state index in [0.29, 0.717) is 13.1 Å². The molecule has 1 unspecified atom stereocenters. The van der Waals surface area contributed by atoms with Gasteiger partial charge >= 0.3 is 0 Å². The van der Waals surface area contributed by atoms with E-state index < -0.39 is 15.3 Å². The minimum Gasteiger partial charge on any atom is -0.318 e. The number of nitrogens with one attached hydrogen (secondary N) is 2. The van der Waals surface area contributed by atoms with E-state index in [0.717, 1.165) is 4.88 Å². The van der Waals surface area contributed by atoms with Crippen LogP contribution in [0.5, 0.6) is 0 Å². The first-order valence-corrected chi connectivity index (χ1v) is 6.99. The lowest BCUT2D eigenvalue weighted by atomic mass is 10.5. The maximum atomic E-state index is 11.6. The first kappa shape index (κ1) is 12.6. The predicted molar refractivity (Wildman–Crippen MR) is 61.3 cm³/mol. The number of aromatic nitrogens is 1. The van der Waals surface area contributed by atoms with Crippen LogP contribution in [0.3, 0.4) is 0 Å². The summed E-state index contributed by atoms with van der Waals surface area (Å²) in [7, 11) is -1.50. The number of thiazole rings is 1. The van der Waals surface area contributed by atoms with Gasteiger partial charge in [-0.3, -0.25) is 4.98 Å². The highest BCUT2D eigenvalue weighted by atomic mass is 32.2. The fourth-order valence-electron chi connectivity index (χ4n) is 1.04. The lowest BCUT2D eigenvalue weighted by Gasteiger charge is -2.12. The van der Waals surface area contributed by atoms with Gasteiger partial charge in [-0.1, -0.05) is 0 Å². The summed E-state index contributed by atoms with van der Waals surface area (Å²) in [6.07, 6.45) is 1.66. The van der Waals surface area contributed by atoms with E-state index in [2.05, 4.69) is 15.0 Å². The Bertz CT molecular complexity index is 375. The molecule has 7 heteroatoms. The van der Waals surface area contributed by atoms with Crippen LogP contribution in [0, 0.1) is 0 Å². The van der Waals surface area contributed by atoms with Crippen LogP contribution in [0.15, 0.2) is 11.7 Å². The summed E-state index contributed by atoms with van der Waals surface area (Å²) in [5.41, 5.74) is 1.68. The second-order valence-corrected chi connectivity index (χ2v) is 6.36. The Kier molecular flexibility index (Phi) is 4.65. The third-order valence-corrected chi connectivity index (χ3v) is 4.50. The smallest absolute Gasteiger partial charge is 0.215 e. The molecule has 0 bridgehead atoms. The lowest BCUT2D eigenvalue weighted by Crippen LogP contribution is -2.37. The van der Waals surface area contributed by atoms with E-state index in [4.69, 9.17) is 0 Å². The Morgan fingerprint density at radius 2 is 2.33 bits per heavy atom. The van der Waals surface area contributed by atoms with Gasteiger partial charge in [0.2, 0.25) is 10.0 Å². The number of hydrogen-bond donors (Lipinski definition) is 2. The molecule has 1 aromatic rings. The van der Waals surface area contributed by atoms with E-state index in [-0.39, 0.29) is 0 Å². The molecule has 2 N–H and O–H groups in total. The third kappa shape index (κ3) is 3.86. The number of sulfonamides is 1. The zero-order valence-electron chi connectivity index (χ0n) is 8.73. The zero-order chi connectivity index (χ0) is 11.3. The quantitative estimate of drug-likeness (QED) is 0.754. The van der Waals surface area contributed by atoms with E-state index in [1.165, 1.54) is 11.3 Å². The van der Waals surface area contributed by atoms with Crippen molar-refractivity contribution in [3.8, 4) is 0 Å². The van der Waals surface area contributed by atoms with Gasteiger partial charge in [-0.25, -0.2) is 13.1 Å². The molecule has 0 spiro atoms. The highest BCUT2D eigenvalue weighted by Crippen LogP contribution is 2.06. The minimum atomic E-state index is -3.23. The van der Waals surface area contributed by atoms with Crippen LogP contribution < -0.4 is 10.0 Å². The first-order chi connectivity index (χ1) is 7.06. The molecular weight excluding hydrogens is 234 g/mol. The Hall–Kier alpha value is -0.500. The summed E-state index contributed by atoms with van der Waals surface area (Å²) in [5.74, 6) is 0.